The highest BCUT2D eigenvalue weighted by molar-refractivity contribution is 7.09. The first-order chi connectivity index (χ1) is 11.7. The molecule has 2 heterocycles. The topological polar surface area (TPSA) is 67.8 Å². The molecule has 24 heavy (non-hydrogen) atoms. The molecule has 0 saturated carbocycles. The van der Waals surface area contributed by atoms with E-state index in [-0.39, 0.29) is 5.91 Å². The van der Waals surface area contributed by atoms with Crippen LogP contribution < -0.4 is 5.32 Å². The van der Waals surface area contributed by atoms with Crippen LogP contribution in [0.25, 0.3) is 22.3 Å². The molecule has 0 fully saturated rings. The van der Waals surface area contributed by atoms with Crippen molar-refractivity contribution in [1.29, 1.82) is 0 Å². The van der Waals surface area contributed by atoms with Crippen LogP contribution >= 0.6 is 23.1 Å². The molecule has 0 atom stereocenters. The van der Waals surface area contributed by atoms with Gasteiger partial charge >= 0.3 is 0 Å². The lowest BCUT2D eigenvalue weighted by Crippen LogP contribution is -2.11. The number of aromatic nitrogens is 3. The molecule has 0 saturated heterocycles. The van der Waals surface area contributed by atoms with Gasteiger partial charge in [-0.1, -0.05) is 12.1 Å². The quantitative estimate of drug-likeness (QED) is 0.594. The zero-order valence-electron chi connectivity index (χ0n) is 12.7. The number of hydrogen-bond acceptors (Lipinski definition) is 6. The van der Waals surface area contributed by atoms with Crippen LogP contribution in [0.15, 0.2) is 47.8 Å². The van der Waals surface area contributed by atoms with E-state index in [2.05, 4.69) is 19.0 Å². The fourth-order valence-electron chi connectivity index (χ4n) is 2.35. The molecule has 0 unspecified atom stereocenters. The molecule has 1 amide bonds. The van der Waals surface area contributed by atoms with Gasteiger partial charge in [-0.2, -0.15) is 8.75 Å². The van der Waals surface area contributed by atoms with E-state index in [9.17, 15) is 4.79 Å². The molecule has 4 rings (SSSR count). The van der Waals surface area contributed by atoms with Gasteiger partial charge in [0.05, 0.1) is 22.4 Å². The second kappa shape index (κ2) is 6.10. The lowest BCUT2D eigenvalue weighted by atomic mass is 10.1. The van der Waals surface area contributed by atoms with Crippen LogP contribution in [-0.4, -0.2) is 19.6 Å². The van der Waals surface area contributed by atoms with Crippen molar-refractivity contribution < 1.29 is 4.79 Å². The summed E-state index contributed by atoms with van der Waals surface area (Å²) in [5.74, 6) is -0.165. The fraction of sp³-hybridized carbons (Fsp3) is 0.0588. The van der Waals surface area contributed by atoms with E-state index in [1.54, 1.807) is 29.5 Å². The van der Waals surface area contributed by atoms with Crippen molar-refractivity contribution in [1.82, 2.24) is 13.7 Å². The Kier molecular flexibility index (Phi) is 3.79. The lowest BCUT2D eigenvalue weighted by Gasteiger charge is -2.06. The molecule has 0 radical (unpaired) electrons. The minimum Gasteiger partial charge on any atom is -0.322 e. The molecule has 5 nitrogen and oxygen atoms in total. The molecular weight excluding hydrogens is 340 g/mol. The highest BCUT2D eigenvalue weighted by Crippen LogP contribution is 2.23. The molecule has 0 bridgehead atoms. The van der Waals surface area contributed by atoms with Crippen LogP contribution in [-0.2, 0) is 0 Å². The summed E-state index contributed by atoms with van der Waals surface area (Å²) in [6, 6.07) is 13.0. The standard InChI is InChI=1S/C17H12N4OS2/c1-10-18-16(9-23-10)11-2-5-13(6-3-11)19-17(22)12-4-7-14-15(8-12)21-24-20-14/h2-9H,1H3,(H,19,22). The van der Waals surface area contributed by atoms with E-state index < -0.39 is 0 Å². The van der Waals surface area contributed by atoms with Gasteiger partial charge < -0.3 is 5.32 Å². The zero-order valence-corrected chi connectivity index (χ0v) is 14.3. The van der Waals surface area contributed by atoms with E-state index >= 15 is 0 Å². The van der Waals surface area contributed by atoms with E-state index in [0.717, 1.165) is 44.7 Å². The van der Waals surface area contributed by atoms with Gasteiger partial charge in [0, 0.05) is 22.2 Å². The summed E-state index contributed by atoms with van der Waals surface area (Å²) in [5.41, 5.74) is 4.84. The van der Waals surface area contributed by atoms with Crippen molar-refractivity contribution in [3.8, 4) is 11.3 Å². The van der Waals surface area contributed by atoms with E-state index in [1.165, 1.54) is 0 Å². The van der Waals surface area contributed by atoms with Crippen molar-refractivity contribution in [3.63, 3.8) is 0 Å². The number of hydrogen-bond donors (Lipinski definition) is 1. The summed E-state index contributed by atoms with van der Waals surface area (Å²) < 4.78 is 8.30. The molecule has 1 N–H and O–H groups in total. The van der Waals surface area contributed by atoms with Crippen molar-refractivity contribution in [2.45, 2.75) is 6.92 Å². The molecule has 7 heteroatoms. The Balaban J connectivity index is 1.53. The minimum atomic E-state index is -0.165. The maximum atomic E-state index is 12.4. The Hall–Kier alpha value is -2.64. The molecule has 2 aromatic carbocycles. The minimum absolute atomic E-state index is 0.165. The number of thiazole rings is 1. The second-order valence-electron chi connectivity index (χ2n) is 5.25. The van der Waals surface area contributed by atoms with Crippen molar-refractivity contribution >= 4 is 45.7 Å². The molecule has 0 aliphatic carbocycles. The number of rotatable bonds is 3. The average Bonchev–Trinajstić information content (AvgIpc) is 3.23. The largest absolute Gasteiger partial charge is 0.322 e. The smallest absolute Gasteiger partial charge is 0.255 e. The van der Waals surface area contributed by atoms with Gasteiger partial charge in [0.2, 0.25) is 0 Å². The van der Waals surface area contributed by atoms with Gasteiger partial charge in [0.1, 0.15) is 11.0 Å². The molecule has 0 spiro atoms. The van der Waals surface area contributed by atoms with E-state index in [1.807, 2.05) is 36.6 Å². The predicted molar refractivity (Wildman–Crippen MR) is 97.7 cm³/mol. The Morgan fingerprint density at radius 3 is 2.58 bits per heavy atom. The summed E-state index contributed by atoms with van der Waals surface area (Å²) in [5, 5.41) is 5.96. The monoisotopic (exact) mass is 352 g/mol. The van der Waals surface area contributed by atoms with Gasteiger partial charge in [-0.05, 0) is 37.3 Å². The van der Waals surface area contributed by atoms with Gasteiger partial charge in [-0.3, -0.25) is 4.79 Å². The number of amides is 1. The van der Waals surface area contributed by atoms with E-state index in [4.69, 9.17) is 0 Å². The first-order valence-electron chi connectivity index (χ1n) is 7.25. The van der Waals surface area contributed by atoms with Crippen LogP contribution in [0.1, 0.15) is 15.4 Å². The molecule has 0 aliphatic heterocycles. The van der Waals surface area contributed by atoms with Gasteiger partial charge in [-0.15, -0.1) is 11.3 Å². The third-order valence-electron chi connectivity index (χ3n) is 3.57. The second-order valence-corrected chi connectivity index (χ2v) is 6.84. The highest BCUT2D eigenvalue weighted by atomic mass is 32.1. The number of anilines is 1. The Bertz CT molecular complexity index is 1020. The number of benzene rings is 2. The molecule has 0 aliphatic rings. The lowest BCUT2D eigenvalue weighted by molar-refractivity contribution is 0.102. The van der Waals surface area contributed by atoms with Crippen molar-refractivity contribution in [3.05, 3.63) is 58.4 Å². The Morgan fingerprint density at radius 1 is 1.04 bits per heavy atom. The Morgan fingerprint density at radius 2 is 1.83 bits per heavy atom. The summed E-state index contributed by atoms with van der Waals surface area (Å²) in [6.07, 6.45) is 0. The maximum Gasteiger partial charge on any atom is 0.255 e. The highest BCUT2D eigenvalue weighted by Gasteiger charge is 2.09. The first kappa shape index (κ1) is 14.9. The van der Waals surface area contributed by atoms with Crippen LogP contribution in [0.4, 0.5) is 5.69 Å². The normalized spacial score (nSPS) is 10.9. The van der Waals surface area contributed by atoms with Gasteiger partial charge in [0.15, 0.2) is 0 Å². The molecule has 118 valence electrons. The summed E-state index contributed by atoms with van der Waals surface area (Å²) in [4.78, 5) is 16.8. The maximum absolute atomic E-state index is 12.4. The van der Waals surface area contributed by atoms with Crippen LogP contribution in [0.5, 0.6) is 0 Å². The average molecular weight is 352 g/mol. The molecule has 4 aromatic rings. The Labute approximate surface area is 146 Å². The molecular formula is C17H12N4OS2. The molecule has 2 aromatic heterocycles. The number of fused-ring (bicyclic) bond motifs is 1. The number of carbonyl (C=O) groups is 1. The SMILES string of the molecule is Cc1nc(-c2ccc(NC(=O)c3ccc4nsnc4c3)cc2)cs1. The fourth-order valence-corrected chi connectivity index (χ4v) is 3.49. The van der Waals surface area contributed by atoms with Gasteiger partial charge in [-0.25, -0.2) is 4.98 Å². The van der Waals surface area contributed by atoms with Gasteiger partial charge in [0.25, 0.3) is 5.91 Å². The van der Waals surface area contributed by atoms with E-state index in [0.29, 0.717) is 5.56 Å². The number of carbonyl (C=O) groups excluding carboxylic acids is 1. The third kappa shape index (κ3) is 2.91. The summed E-state index contributed by atoms with van der Waals surface area (Å²) >= 11 is 2.76. The first-order valence-corrected chi connectivity index (χ1v) is 8.86. The van der Waals surface area contributed by atoms with Crippen LogP contribution in [0, 0.1) is 6.92 Å². The zero-order chi connectivity index (χ0) is 16.5. The number of nitrogens with zero attached hydrogens (tertiary/aromatic N) is 3. The van der Waals surface area contributed by atoms with Crippen LogP contribution in [0.2, 0.25) is 0 Å². The van der Waals surface area contributed by atoms with Crippen molar-refractivity contribution in [2.75, 3.05) is 5.32 Å². The number of aryl methyl sites for hydroxylation is 1. The van der Waals surface area contributed by atoms with Crippen LogP contribution in [0.3, 0.4) is 0 Å². The summed E-state index contributed by atoms with van der Waals surface area (Å²) in [6.45, 7) is 1.98. The number of nitrogens with one attached hydrogen (secondary N) is 1. The van der Waals surface area contributed by atoms with Crippen molar-refractivity contribution in [2.24, 2.45) is 0 Å². The predicted octanol–water partition coefficient (Wildman–Crippen LogP) is 4.38. The summed E-state index contributed by atoms with van der Waals surface area (Å²) in [7, 11) is 0. The third-order valence-corrected chi connectivity index (χ3v) is 4.90.